The first-order valence-corrected chi connectivity index (χ1v) is 3.49. The van der Waals surface area contributed by atoms with E-state index in [9.17, 15) is 0 Å². The minimum atomic E-state index is 0.263. The molecule has 0 aliphatic carbocycles. The fourth-order valence-electron chi connectivity index (χ4n) is 0.746. The highest BCUT2D eigenvalue weighted by Crippen LogP contribution is 2.18. The summed E-state index contributed by atoms with van der Waals surface area (Å²) < 4.78 is 4.54. The summed E-state index contributed by atoms with van der Waals surface area (Å²) in [4.78, 5) is 11.5. The second kappa shape index (κ2) is 2.86. The maximum absolute atomic E-state index is 5.72. The van der Waals surface area contributed by atoms with Gasteiger partial charge in [-0.25, -0.2) is 9.97 Å². The smallest absolute Gasteiger partial charge is 0.223 e. The lowest BCUT2D eigenvalue weighted by atomic mass is 10.4. The quantitative estimate of drug-likeness (QED) is 0.663. The van der Waals surface area contributed by atoms with Gasteiger partial charge in [0.25, 0.3) is 0 Å². The van der Waals surface area contributed by atoms with E-state index in [2.05, 4.69) is 24.6 Å². The third-order valence-electron chi connectivity index (χ3n) is 1.23. The molecule has 0 radical (unpaired) electrons. The maximum Gasteiger partial charge on any atom is 0.223 e. The second-order valence-corrected chi connectivity index (χ2v) is 2.31. The zero-order chi connectivity index (χ0) is 8.39. The average Bonchev–Trinajstić information content (AvgIpc) is 2.57. The van der Waals surface area contributed by atoms with E-state index in [4.69, 9.17) is 11.6 Å². The highest BCUT2D eigenvalue weighted by Gasteiger charge is 2.09. The Balaban J connectivity index is 2.55. The Kier molecular flexibility index (Phi) is 1.71. The summed E-state index contributed by atoms with van der Waals surface area (Å²) in [7, 11) is 0. The molecule has 0 unspecified atom stereocenters. The molecule has 0 amide bonds. The topological polar surface area (TPSA) is 64.7 Å². The molecule has 0 bridgehead atoms. The molecule has 0 saturated heterocycles. The van der Waals surface area contributed by atoms with Gasteiger partial charge in [-0.1, -0.05) is 16.8 Å². The molecule has 0 aromatic carbocycles. The van der Waals surface area contributed by atoms with E-state index in [1.54, 1.807) is 0 Å². The van der Waals surface area contributed by atoms with Crippen LogP contribution < -0.4 is 0 Å². The lowest BCUT2D eigenvalue weighted by Crippen LogP contribution is -1.88. The van der Waals surface area contributed by atoms with Crippen LogP contribution in [0.5, 0.6) is 0 Å². The van der Waals surface area contributed by atoms with Gasteiger partial charge in [0, 0.05) is 12.4 Å². The number of aromatic nitrogens is 4. The standard InChI is InChI=1S/C6H3ClN4O/c7-5-4(8-1-2-9-5)6-10-3-12-11-6/h1-3H. The molecule has 2 rings (SSSR count). The van der Waals surface area contributed by atoms with Gasteiger partial charge in [-0.05, 0) is 0 Å². The van der Waals surface area contributed by atoms with Crippen LogP contribution in [0.15, 0.2) is 23.3 Å². The summed E-state index contributed by atoms with van der Waals surface area (Å²) in [5.41, 5.74) is 0.424. The molecule has 2 aromatic rings. The van der Waals surface area contributed by atoms with Crippen LogP contribution in [-0.4, -0.2) is 20.1 Å². The van der Waals surface area contributed by atoms with Crippen molar-refractivity contribution in [1.29, 1.82) is 0 Å². The minimum Gasteiger partial charge on any atom is -0.342 e. The summed E-state index contributed by atoms with van der Waals surface area (Å²) in [6.45, 7) is 0. The molecule has 2 aromatic heterocycles. The first-order chi connectivity index (χ1) is 5.88. The molecule has 0 atom stereocenters. The van der Waals surface area contributed by atoms with Gasteiger partial charge in [0.15, 0.2) is 5.15 Å². The van der Waals surface area contributed by atoms with E-state index < -0.39 is 0 Å². The van der Waals surface area contributed by atoms with Gasteiger partial charge in [0.05, 0.1) is 0 Å². The normalized spacial score (nSPS) is 10.1. The van der Waals surface area contributed by atoms with Crippen LogP contribution in [0.4, 0.5) is 0 Å². The largest absolute Gasteiger partial charge is 0.342 e. The summed E-state index contributed by atoms with van der Waals surface area (Å²) in [6, 6.07) is 0. The van der Waals surface area contributed by atoms with Gasteiger partial charge in [0.2, 0.25) is 12.2 Å². The molecule has 6 heteroatoms. The molecule has 0 aliphatic heterocycles. The van der Waals surface area contributed by atoms with Gasteiger partial charge in [-0.2, -0.15) is 4.98 Å². The molecular weight excluding hydrogens is 180 g/mol. The molecule has 12 heavy (non-hydrogen) atoms. The van der Waals surface area contributed by atoms with Crippen molar-refractivity contribution < 1.29 is 4.52 Å². The number of nitrogens with zero attached hydrogens (tertiary/aromatic N) is 4. The van der Waals surface area contributed by atoms with E-state index in [0.29, 0.717) is 11.5 Å². The van der Waals surface area contributed by atoms with E-state index in [-0.39, 0.29) is 5.15 Å². The zero-order valence-corrected chi connectivity index (χ0v) is 6.56. The van der Waals surface area contributed by atoms with E-state index >= 15 is 0 Å². The number of halogens is 1. The molecule has 0 N–H and O–H groups in total. The lowest BCUT2D eigenvalue weighted by molar-refractivity contribution is 0.418. The zero-order valence-electron chi connectivity index (χ0n) is 5.81. The van der Waals surface area contributed by atoms with E-state index in [0.717, 1.165) is 0 Å². The monoisotopic (exact) mass is 182 g/mol. The van der Waals surface area contributed by atoms with Crippen molar-refractivity contribution in [1.82, 2.24) is 20.1 Å². The summed E-state index contributed by atoms with van der Waals surface area (Å²) in [5, 5.41) is 3.84. The van der Waals surface area contributed by atoms with Crippen molar-refractivity contribution in [3.63, 3.8) is 0 Å². The van der Waals surface area contributed by atoms with Gasteiger partial charge in [-0.3, -0.25) is 0 Å². The summed E-state index contributed by atoms with van der Waals surface area (Å²) in [5.74, 6) is 0.341. The second-order valence-electron chi connectivity index (χ2n) is 1.95. The fourth-order valence-corrected chi connectivity index (χ4v) is 0.936. The minimum absolute atomic E-state index is 0.263. The Bertz CT molecular complexity index is 375. The van der Waals surface area contributed by atoms with Crippen molar-refractivity contribution in [2.75, 3.05) is 0 Å². The Morgan fingerprint density at radius 1 is 1.17 bits per heavy atom. The van der Waals surface area contributed by atoms with Gasteiger partial charge < -0.3 is 4.52 Å². The molecule has 60 valence electrons. The van der Waals surface area contributed by atoms with Gasteiger partial charge in [0.1, 0.15) is 5.69 Å². The third-order valence-corrected chi connectivity index (χ3v) is 1.50. The molecule has 0 spiro atoms. The van der Waals surface area contributed by atoms with Crippen molar-refractivity contribution in [2.24, 2.45) is 0 Å². The van der Waals surface area contributed by atoms with Crippen LogP contribution >= 0.6 is 11.6 Å². The SMILES string of the molecule is Clc1nccnc1-c1ncon1. The molecular formula is C6H3ClN4O. The van der Waals surface area contributed by atoms with Crippen LogP contribution in [0.3, 0.4) is 0 Å². The third kappa shape index (κ3) is 1.14. The predicted octanol–water partition coefficient (Wildman–Crippen LogP) is 1.18. The van der Waals surface area contributed by atoms with Crippen molar-refractivity contribution in [3.05, 3.63) is 23.9 Å². The van der Waals surface area contributed by atoms with Crippen molar-refractivity contribution in [3.8, 4) is 11.5 Å². The van der Waals surface area contributed by atoms with Gasteiger partial charge >= 0.3 is 0 Å². The summed E-state index contributed by atoms with van der Waals surface area (Å²) >= 11 is 5.72. The van der Waals surface area contributed by atoms with E-state index in [1.165, 1.54) is 18.8 Å². The fraction of sp³-hybridized carbons (Fsp3) is 0. The number of rotatable bonds is 1. The van der Waals surface area contributed by atoms with Crippen molar-refractivity contribution in [2.45, 2.75) is 0 Å². The highest BCUT2D eigenvalue weighted by atomic mass is 35.5. The Labute approximate surface area is 72.4 Å². The Hall–Kier alpha value is -1.49. The predicted molar refractivity (Wildman–Crippen MR) is 40.3 cm³/mol. The maximum atomic E-state index is 5.72. The van der Waals surface area contributed by atoms with Crippen LogP contribution in [0.2, 0.25) is 5.15 Å². The molecule has 2 heterocycles. The van der Waals surface area contributed by atoms with Crippen LogP contribution in [0.1, 0.15) is 0 Å². The van der Waals surface area contributed by atoms with E-state index in [1.807, 2.05) is 0 Å². The molecule has 0 aliphatic rings. The highest BCUT2D eigenvalue weighted by molar-refractivity contribution is 6.31. The average molecular weight is 183 g/mol. The Morgan fingerprint density at radius 2 is 2.00 bits per heavy atom. The number of hydrogen-bond donors (Lipinski definition) is 0. The Morgan fingerprint density at radius 3 is 2.67 bits per heavy atom. The van der Waals surface area contributed by atoms with Crippen molar-refractivity contribution >= 4 is 11.6 Å². The van der Waals surface area contributed by atoms with Gasteiger partial charge in [-0.15, -0.1) is 0 Å². The first kappa shape index (κ1) is 7.17. The van der Waals surface area contributed by atoms with Crippen LogP contribution in [-0.2, 0) is 0 Å². The molecule has 5 nitrogen and oxygen atoms in total. The lowest BCUT2D eigenvalue weighted by Gasteiger charge is -1.93. The van der Waals surface area contributed by atoms with Crippen LogP contribution in [0.25, 0.3) is 11.5 Å². The number of hydrogen-bond acceptors (Lipinski definition) is 5. The molecule has 0 saturated carbocycles. The molecule has 0 fully saturated rings. The first-order valence-electron chi connectivity index (χ1n) is 3.11. The summed E-state index contributed by atoms with van der Waals surface area (Å²) in [6.07, 6.45) is 4.21. The van der Waals surface area contributed by atoms with Crippen LogP contribution in [0, 0.1) is 0 Å².